The highest BCUT2D eigenvalue weighted by molar-refractivity contribution is 5.65. The van der Waals surface area contributed by atoms with Gasteiger partial charge in [0, 0.05) is 13.7 Å². The van der Waals surface area contributed by atoms with Crippen LogP contribution < -0.4 is 0 Å². The molecule has 5 heteroatoms. The van der Waals surface area contributed by atoms with Crippen LogP contribution in [-0.2, 0) is 9.47 Å². The second kappa shape index (κ2) is 4.27. The number of methoxy groups -OCH3 is 1. The number of amides is 1. The van der Waals surface area contributed by atoms with E-state index in [4.69, 9.17) is 14.6 Å². The maximum absolute atomic E-state index is 10.5. The Kier molecular flexibility index (Phi) is 3.31. The largest absolute Gasteiger partial charge is 0.465 e. The van der Waals surface area contributed by atoms with Gasteiger partial charge < -0.3 is 19.5 Å². The van der Waals surface area contributed by atoms with Crippen LogP contribution >= 0.6 is 0 Å². The van der Waals surface area contributed by atoms with Crippen LogP contribution in [0, 0.1) is 0 Å². The normalized spacial score (nSPS) is 24.1. The van der Waals surface area contributed by atoms with Crippen molar-refractivity contribution in [2.75, 3.05) is 33.4 Å². The second-order valence-electron chi connectivity index (χ2n) is 2.68. The van der Waals surface area contributed by atoms with Crippen molar-refractivity contribution in [2.45, 2.75) is 6.10 Å². The van der Waals surface area contributed by atoms with Crippen molar-refractivity contribution in [2.24, 2.45) is 0 Å². The molecule has 1 heterocycles. The minimum atomic E-state index is -0.889. The van der Waals surface area contributed by atoms with Crippen LogP contribution in [-0.4, -0.2) is 55.6 Å². The first kappa shape index (κ1) is 9.28. The number of carboxylic acid groups (broad SMARTS) is 1. The Bertz CT molecular complexity index is 159. The summed E-state index contributed by atoms with van der Waals surface area (Å²) in [6.07, 6.45) is -1.00. The third-order valence-corrected chi connectivity index (χ3v) is 1.76. The molecule has 0 aromatic rings. The quantitative estimate of drug-likeness (QED) is 0.642. The van der Waals surface area contributed by atoms with Gasteiger partial charge in [0.2, 0.25) is 0 Å². The van der Waals surface area contributed by atoms with Gasteiger partial charge in [-0.1, -0.05) is 0 Å². The van der Waals surface area contributed by atoms with Crippen LogP contribution in [0.1, 0.15) is 0 Å². The number of nitrogens with zero attached hydrogens (tertiary/aromatic N) is 1. The summed E-state index contributed by atoms with van der Waals surface area (Å²) in [4.78, 5) is 11.9. The summed E-state index contributed by atoms with van der Waals surface area (Å²) >= 11 is 0. The molecule has 0 radical (unpaired) electrons. The van der Waals surface area contributed by atoms with Crippen LogP contribution in [0.2, 0.25) is 0 Å². The zero-order valence-corrected chi connectivity index (χ0v) is 7.02. The average Bonchev–Trinajstić information content (AvgIpc) is 2.05. The van der Waals surface area contributed by atoms with Crippen molar-refractivity contribution in [1.82, 2.24) is 4.90 Å². The molecule has 1 amide bonds. The second-order valence-corrected chi connectivity index (χ2v) is 2.68. The predicted octanol–water partition coefficient (Wildman–Crippen LogP) is 0.0116. The summed E-state index contributed by atoms with van der Waals surface area (Å²) in [5.41, 5.74) is 0. The molecular formula is C7H13NO4. The molecule has 1 atom stereocenters. The van der Waals surface area contributed by atoms with Gasteiger partial charge in [-0.3, -0.25) is 0 Å². The topological polar surface area (TPSA) is 59.0 Å². The lowest BCUT2D eigenvalue weighted by atomic mass is 10.3. The minimum Gasteiger partial charge on any atom is -0.465 e. The van der Waals surface area contributed by atoms with E-state index in [1.807, 2.05) is 0 Å². The summed E-state index contributed by atoms with van der Waals surface area (Å²) in [5, 5.41) is 8.65. The van der Waals surface area contributed by atoms with Gasteiger partial charge in [-0.25, -0.2) is 4.79 Å². The lowest BCUT2D eigenvalue weighted by Gasteiger charge is -2.30. The first-order chi connectivity index (χ1) is 5.74. The number of ether oxygens (including phenoxy) is 2. The maximum Gasteiger partial charge on any atom is 0.407 e. The molecule has 0 aromatic heterocycles. The summed E-state index contributed by atoms with van der Waals surface area (Å²) < 4.78 is 10.1. The molecule has 1 saturated heterocycles. The molecular weight excluding hydrogens is 162 g/mol. The summed E-state index contributed by atoms with van der Waals surface area (Å²) in [6, 6.07) is 0. The SMILES string of the molecule is COCC1CN(C(=O)O)CCO1. The van der Waals surface area contributed by atoms with E-state index in [9.17, 15) is 4.79 Å². The molecule has 1 fully saturated rings. The lowest BCUT2D eigenvalue weighted by Crippen LogP contribution is -2.46. The molecule has 0 aromatic carbocycles. The first-order valence-electron chi connectivity index (χ1n) is 3.82. The third-order valence-electron chi connectivity index (χ3n) is 1.76. The fourth-order valence-electron chi connectivity index (χ4n) is 1.18. The van der Waals surface area contributed by atoms with Gasteiger partial charge in [-0.15, -0.1) is 0 Å². The monoisotopic (exact) mass is 175 g/mol. The van der Waals surface area contributed by atoms with E-state index in [0.29, 0.717) is 26.3 Å². The Labute approximate surface area is 70.9 Å². The molecule has 70 valence electrons. The maximum atomic E-state index is 10.5. The van der Waals surface area contributed by atoms with Crippen molar-refractivity contribution >= 4 is 6.09 Å². The highest BCUT2D eigenvalue weighted by Crippen LogP contribution is 2.05. The lowest BCUT2D eigenvalue weighted by molar-refractivity contribution is -0.0544. The molecule has 0 spiro atoms. The van der Waals surface area contributed by atoms with Crippen molar-refractivity contribution in [1.29, 1.82) is 0 Å². The van der Waals surface area contributed by atoms with E-state index >= 15 is 0 Å². The van der Waals surface area contributed by atoms with Crippen LogP contribution in [0.3, 0.4) is 0 Å². The van der Waals surface area contributed by atoms with Crippen LogP contribution in [0.15, 0.2) is 0 Å². The number of hydrogen-bond acceptors (Lipinski definition) is 3. The summed E-state index contributed by atoms with van der Waals surface area (Å²) in [7, 11) is 1.57. The number of hydrogen-bond donors (Lipinski definition) is 1. The highest BCUT2D eigenvalue weighted by Gasteiger charge is 2.23. The van der Waals surface area contributed by atoms with E-state index < -0.39 is 6.09 Å². The van der Waals surface area contributed by atoms with E-state index in [1.165, 1.54) is 4.90 Å². The number of morpholine rings is 1. The molecule has 0 saturated carbocycles. The molecule has 0 aliphatic carbocycles. The minimum absolute atomic E-state index is 0.111. The predicted molar refractivity (Wildman–Crippen MR) is 41.2 cm³/mol. The van der Waals surface area contributed by atoms with Crippen LogP contribution in [0.5, 0.6) is 0 Å². The number of carbonyl (C=O) groups is 1. The summed E-state index contributed by atoms with van der Waals surface area (Å²) in [5.74, 6) is 0. The molecule has 1 unspecified atom stereocenters. The van der Waals surface area contributed by atoms with Crippen molar-refractivity contribution < 1.29 is 19.4 Å². The Balaban J connectivity index is 2.35. The Morgan fingerprint density at radius 3 is 3.17 bits per heavy atom. The van der Waals surface area contributed by atoms with Crippen molar-refractivity contribution in [3.63, 3.8) is 0 Å². The van der Waals surface area contributed by atoms with E-state index in [-0.39, 0.29) is 6.10 Å². The van der Waals surface area contributed by atoms with Gasteiger partial charge in [-0.2, -0.15) is 0 Å². The van der Waals surface area contributed by atoms with E-state index in [1.54, 1.807) is 7.11 Å². The van der Waals surface area contributed by atoms with Crippen LogP contribution in [0.4, 0.5) is 4.79 Å². The molecule has 1 N–H and O–H groups in total. The van der Waals surface area contributed by atoms with Gasteiger partial charge in [0.05, 0.1) is 25.9 Å². The third kappa shape index (κ3) is 2.35. The van der Waals surface area contributed by atoms with Gasteiger partial charge in [0.15, 0.2) is 0 Å². The Morgan fingerprint density at radius 1 is 1.83 bits per heavy atom. The zero-order valence-electron chi connectivity index (χ0n) is 7.02. The highest BCUT2D eigenvalue weighted by atomic mass is 16.5. The van der Waals surface area contributed by atoms with E-state index in [2.05, 4.69) is 0 Å². The smallest absolute Gasteiger partial charge is 0.407 e. The fraction of sp³-hybridized carbons (Fsp3) is 0.857. The van der Waals surface area contributed by atoms with Crippen LogP contribution in [0.25, 0.3) is 0 Å². The molecule has 0 bridgehead atoms. The zero-order chi connectivity index (χ0) is 8.97. The molecule has 1 aliphatic rings. The summed E-state index contributed by atoms with van der Waals surface area (Å²) in [6.45, 7) is 1.77. The molecule has 5 nitrogen and oxygen atoms in total. The number of rotatable bonds is 2. The van der Waals surface area contributed by atoms with Gasteiger partial charge in [0.25, 0.3) is 0 Å². The fourth-order valence-corrected chi connectivity index (χ4v) is 1.18. The van der Waals surface area contributed by atoms with Crippen molar-refractivity contribution in [3.05, 3.63) is 0 Å². The molecule has 1 rings (SSSR count). The Morgan fingerprint density at radius 2 is 2.58 bits per heavy atom. The van der Waals surface area contributed by atoms with Gasteiger partial charge in [-0.05, 0) is 0 Å². The van der Waals surface area contributed by atoms with E-state index in [0.717, 1.165) is 0 Å². The first-order valence-corrected chi connectivity index (χ1v) is 3.82. The van der Waals surface area contributed by atoms with Gasteiger partial charge in [0.1, 0.15) is 0 Å². The standard InChI is InChI=1S/C7H13NO4/c1-11-5-6-4-8(7(9)10)2-3-12-6/h6H,2-5H2,1H3,(H,9,10). The molecule has 12 heavy (non-hydrogen) atoms. The average molecular weight is 175 g/mol. The van der Waals surface area contributed by atoms with Crippen molar-refractivity contribution in [3.8, 4) is 0 Å². The van der Waals surface area contributed by atoms with Gasteiger partial charge >= 0.3 is 6.09 Å². The molecule has 1 aliphatic heterocycles. The Hall–Kier alpha value is -0.810.